The van der Waals surface area contributed by atoms with Crippen molar-refractivity contribution >= 4 is 46.7 Å². The first-order valence-electron chi connectivity index (χ1n) is 8.20. The zero-order valence-corrected chi connectivity index (χ0v) is 16.5. The predicted molar refractivity (Wildman–Crippen MR) is 108 cm³/mol. The first kappa shape index (κ1) is 18.4. The maximum atomic E-state index is 12.8. The molecular formula is C19H20Cl2N2OS. The molecule has 1 atom stereocenters. The Kier molecular flexibility index (Phi) is 5.82. The van der Waals surface area contributed by atoms with Gasteiger partial charge in [-0.2, -0.15) is 0 Å². The van der Waals surface area contributed by atoms with Gasteiger partial charge in [0.25, 0.3) is 0 Å². The van der Waals surface area contributed by atoms with Crippen molar-refractivity contribution in [1.82, 2.24) is 4.90 Å². The normalized spacial score (nSPS) is 17.2. The molecule has 2 amide bonds. The second kappa shape index (κ2) is 7.90. The number of rotatable bonds is 3. The lowest BCUT2D eigenvalue weighted by molar-refractivity contribution is 0.214. The van der Waals surface area contributed by atoms with E-state index in [1.165, 1.54) is 5.56 Å². The highest BCUT2D eigenvalue weighted by atomic mass is 35.5. The van der Waals surface area contributed by atoms with Crippen LogP contribution in [0, 0.1) is 0 Å². The summed E-state index contributed by atoms with van der Waals surface area (Å²) in [4.78, 5) is 14.6. The number of amides is 2. The van der Waals surface area contributed by atoms with Crippen LogP contribution in [-0.4, -0.2) is 23.2 Å². The number of hydrogen-bond donors (Lipinski definition) is 1. The molecule has 1 aliphatic rings. The van der Waals surface area contributed by atoms with Gasteiger partial charge in [0.2, 0.25) is 0 Å². The minimum atomic E-state index is -0.182. The van der Waals surface area contributed by atoms with Gasteiger partial charge < -0.3 is 10.2 Å². The Morgan fingerprint density at radius 1 is 1.16 bits per heavy atom. The number of urea groups is 1. The van der Waals surface area contributed by atoms with E-state index in [9.17, 15) is 4.79 Å². The maximum absolute atomic E-state index is 12.8. The number of hydrogen-bond acceptors (Lipinski definition) is 2. The highest BCUT2D eigenvalue weighted by molar-refractivity contribution is 7.99. The average molecular weight is 395 g/mol. The van der Waals surface area contributed by atoms with Crippen LogP contribution in [-0.2, 0) is 0 Å². The van der Waals surface area contributed by atoms with E-state index >= 15 is 0 Å². The van der Waals surface area contributed by atoms with E-state index in [4.69, 9.17) is 23.2 Å². The summed E-state index contributed by atoms with van der Waals surface area (Å²) in [5.74, 6) is 1.40. The van der Waals surface area contributed by atoms with E-state index in [-0.39, 0.29) is 11.4 Å². The van der Waals surface area contributed by atoms with Crippen LogP contribution in [0.4, 0.5) is 10.5 Å². The smallest absolute Gasteiger partial charge is 0.308 e. The quantitative estimate of drug-likeness (QED) is 0.653. The number of para-hydroxylation sites is 1. The average Bonchev–Trinajstić information content (AvgIpc) is 3.08. The van der Waals surface area contributed by atoms with Crippen molar-refractivity contribution in [3.8, 4) is 0 Å². The van der Waals surface area contributed by atoms with Gasteiger partial charge in [0.1, 0.15) is 5.37 Å². The van der Waals surface area contributed by atoms with Crippen LogP contribution < -0.4 is 5.32 Å². The van der Waals surface area contributed by atoms with Gasteiger partial charge in [0.15, 0.2) is 0 Å². The number of carbonyl (C=O) groups excluding carboxylic acids is 1. The molecule has 25 heavy (non-hydrogen) atoms. The Bertz CT molecular complexity index is 744. The van der Waals surface area contributed by atoms with Gasteiger partial charge in [-0.3, -0.25) is 0 Å². The van der Waals surface area contributed by atoms with E-state index in [0.29, 0.717) is 28.2 Å². The third kappa shape index (κ3) is 4.08. The Balaban J connectivity index is 1.78. The minimum absolute atomic E-state index is 0.00229. The molecule has 6 heteroatoms. The number of halogens is 2. The van der Waals surface area contributed by atoms with Crippen LogP contribution in [0.2, 0.25) is 10.0 Å². The Morgan fingerprint density at radius 2 is 1.80 bits per heavy atom. The molecule has 0 bridgehead atoms. The van der Waals surface area contributed by atoms with E-state index in [1.807, 2.05) is 4.90 Å². The molecule has 0 radical (unpaired) electrons. The summed E-state index contributed by atoms with van der Waals surface area (Å²) in [5, 5.41) is 3.73. The lowest BCUT2D eigenvalue weighted by Gasteiger charge is -2.25. The number of thioether (sulfide) groups is 1. The van der Waals surface area contributed by atoms with Gasteiger partial charge >= 0.3 is 6.03 Å². The molecule has 0 aromatic heterocycles. The topological polar surface area (TPSA) is 32.3 Å². The molecule has 132 valence electrons. The summed E-state index contributed by atoms with van der Waals surface area (Å²) in [6.07, 6.45) is 0. The fraction of sp³-hybridized carbons (Fsp3) is 0.316. The van der Waals surface area contributed by atoms with E-state index in [1.54, 1.807) is 30.0 Å². The van der Waals surface area contributed by atoms with Crippen LogP contribution in [0.5, 0.6) is 0 Å². The molecule has 1 fully saturated rings. The van der Waals surface area contributed by atoms with Gasteiger partial charge in [-0.05, 0) is 29.2 Å². The molecule has 1 aliphatic heterocycles. The summed E-state index contributed by atoms with van der Waals surface area (Å²) in [7, 11) is 0. The van der Waals surface area contributed by atoms with Crippen molar-refractivity contribution in [3.63, 3.8) is 0 Å². The Hall–Kier alpha value is -1.36. The summed E-state index contributed by atoms with van der Waals surface area (Å²) in [6.45, 7) is 5.04. The largest absolute Gasteiger partial charge is 0.323 e. The van der Waals surface area contributed by atoms with Gasteiger partial charge in [-0.15, -0.1) is 11.8 Å². The molecule has 0 unspecified atom stereocenters. The van der Waals surface area contributed by atoms with Crippen LogP contribution in [0.25, 0.3) is 0 Å². The molecule has 1 saturated heterocycles. The third-order valence-corrected chi connectivity index (χ3v) is 6.13. The van der Waals surface area contributed by atoms with Crippen LogP contribution in [0.1, 0.15) is 36.3 Å². The van der Waals surface area contributed by atoms with Crippen molar-refractivity contribution in [2.45, 2.75) is 25.1 Å². The van der Waals surface area contributed by atoms with Crippen LogP contribution >= 0.6 is 35.0 Å². The lowest BCUT2D eigenvalue weighted by Crippen LogP contribution is -2.34. The molecular weight excluding hydrogens is 375 g/mol. The second-order valence-corrected chi connectivity index (χ2v) is 8.27. The highest BCUT2D eigenvalue weighted by Gasteiger charge is 2.31. The molecule has 1 heterocycles. The van der Waals surface area contributed by atoms with Crippen molar-refractivity contribution in [2.75, 3.05) is 17.6 Å². The lowest BCUT2D eigenvalue weighted by atomic mass is 10.0. The molecule has 0 saturated carbocycles. The van der Waals surface area contributed by atoms with Gasteiger partial charge in [0, 0.05) is 12.3 Å². The summed E-state index contributed by atoms with van der Waals surface area (Å²) < 4.78 is 0. The standard InChI is InChI=1S/C19H20Cl2N2OS/c1-12(2)13-6-8-14(9-7-13)18-23(10-11-25-18)19(24)22-17-15(20)4-3-5-16(17)21/h3-9,12,18H,10-11H2,1-2H3,(H,22,24)/t18-/m1/s1. The highest BCUT2D eigenvalue weighted by Crippen LogP contribution is 2.39. The molecule has 1 N–H and O–H groups in total. The fourth-order valence-corrected chi connectivity index (χ4v) is 4.54. The number of carbonyl (C=O) groups is 1. The third-order valence-electron chi connectivity index (χ3n) is 4.23. The van der Waals surface area contributed by atoms with Crippen molar-refractivity contribution in [2.24, 2.45) is 0 Å². The maximum Gasteiger partial charge on any atom is 0.323 e. The second-order valence-electron chi connectivity index (χ2n) is 6.26. The van der Waals surface area contributed by atoms with E-state index in [0.717, 1.165) is 11.3 Å². The number of nitrogens with zero attached hydrogens (tertiary/aromatic N) is 1. The summed E-state index contributed by atoms with van der Waals surface area (Å²) in [5.41, 5.74) is 2.89. The molecule has 3 nitrogen and oxygen atoms in total. The minimum Gasteiger partial charge on any atom is -0.308 e. The molecule has 2 aromatic rings. The summed E-state index contributed by atoms with van der Waals surface area (Å²) >= 11 is 14.1. The Morgan fingerprint density at radius 3 is 2.40 bits per heavy atom. The van der Waals surface area contributed by atoms with Crippen molar-refractivity contribution in [1.29, 1.82) is 0 Å². The van der Waals surface area contributed by atoms with Crippen molar-refractivity contribution in [3.05, 3.63) is 63.6 Å². The predicted octanol–water partition coefficient (Wildman–Crippen LogP) is 6.40. The fourth-order valence-electron chi connectivity index (χ4n) is 2.80. The Labute approximate surface area is 162 Å². The SMILES string of the molecule is CC(C)c1ccc([C@H]2SCCN2C(=O)Nc2c(Cl)cccc2Cl)cc1. The van der Waals surface area contributed by atoms with Crippen LogP contribution in [0.15, 0.2) is 42.5 Å². The zero-order chi connectivity index (χ0) is 18.0. The van der Waals surface area contributed by atoms with Crippen LogP contribution in [0.3, 0.4) is 0 Å². The summed E-state index contributed by atoms with van der Waals surface area (Å²) in [6, 6.07) is 13.5. The molecule has 3 rings (SSSR count). The molecule has 2 aromatic carbocycles. The van der Waals surface area contributed by atoms with E-state index < -0.39 is 0 Å². The number of nitrogens with one attached hydrogen (secondary N) is 1. The molecule has 0 spiro atoms. The monoisotopic (exact) mass is 394 g/mol. The molecule has 0 aliphatic carbocycles. The first-order chi connectivity index (χ1) is 12.0. The van der Waals surface area contributed by atoms with Gasteiger partial charge in [-0.1, -0.05) is 67.4 Å². The number of benzene rings is 2. The zero-order valence-electron chi connectivity index (χ0n) is 14.1. The van der Waals surface area contributed by atoms with E-state index in [2.05, 4.69) is 43.4 Å². The van der Waals surface area contributed by atoms with Crippen molar-refractivity contribution < 1.29 is 4.79 Å². The van der Waals surface area contributed by atoms with Gasteiger partial charge in [0.05, 0.1) is 15.7 Å². The van der Waals surface area contributed by atoms with Gasteiger partial charge in [-0.25, -0.2) is 4.79 Å². The number of anilines is 1. The first-order valence-corrected chi connectivity index (χ1v) is 10.0.